The van der Waals surface area contributed by atoms with E-state index in [1.165, 1.54) is 7.05 Å². The summed E-state index contributed by atoms with van der Waals surface area (Å²) in [4.78, 5) is 13.0. The quantitative estimate of drug-likeness (QED) is 0.812. The first-order valence-corrected chi connectivity index (χ1v) is 6.19. The van der Waals surface area contributed by atoms with Crippen molar-refractivity contribution >= 4 is 23.1 Å². The molecule has 0 bridgehead atoms. The van der Waals surface area contributed by atoms with E-state index in [-0.39, 0.29) is 4.99 Å². The Hall–Kier alpha value is -1.56. The Labute approximate surface area is 116 Å². The summed E-state index contributed by atoms with van der Waals surface area (Å²) < 4.78 is 24.6. The van der Waals surface area contributed by atoms with Crippen molar-refractivity contribution in [1.29, 1.82) is 0 Å². The number of carbonyl (C=O) groups is 1. The molecule has 0 heterocycles. The van der Waals surface area contributed by atoms with E-state index < -0.39 is 24.8 Å². The van der Waals surface area contributed by atoms with Gasteiger partial charge < -0.3 is 10.6 Å². The molecule has 1 amide bonds. The second kappa shape index (κ2) is 7.13. The number of thiocarbonyl (C=S) groups is 1. The predicted molar refractivity (Wildman–Crippen MR) is 74.1 cm³/mol. The van der Waals surface area contributed by atoms with Crippen molar-refractivity contribution < 1.29 is 13.6 Å². The van der Waals surface area contributed by atoms with Crippen LogP contribution in [0.15, 0.2) is 30.3 Å². The maximum absolute atomic E-state index is 12.3. The van der Waals surface area contributed by atoms with E-state index in [9.17, 15) is 13.6 Å². The van der Waals surface area contributed by atoms with Crippen LogP contribution in [0.2, 0.25) is 0 Å². The van der Waals surface area contributed by atoms with Crippen molar-refractivity contribution in [3.8, 4) is 0 Å². The Kier molecular flexibility index (Phi) is 5.82. The molecule has 0 saturated carbocycles. The van der Waals surface area contributed by atoms with E-state index in [0.717, 1.165) is 10.5 Å². The van der Waals surface area contributed by atoms with E-state index in [1.807, 2.05) is 30.3 Å². The van der Waals surface area contributed by atoms with E-state index in [4.69, 9.17) is 18.0 Å². The minimum absolute atomic E-state index is 0.0231. The van der Waals surface area contributed by atoms with Crippen LogP contribution >= 0.6 is 12.2 Å². The van der Waals surface area contributed by atoms with Crippen LogP contribution in [0.4, 0.5) is 8.78 Å². The maximum Gasteiger partial charge on any atom is 0.255 e. The Balaban J connectivity index is 2.78. The van der Waals surface area contributed by atoms with Crippen molar-refractivity contribution in [2.45, 2.75) is 12.8 Å². The van der Waals surface area contributed by atoms with Crippen LogP contribution in [0.5, 0.6) is 0 Å². The van der Waals surface area contributed by atoms with Crippen LogP contribution < -0.4 is 5.73 Å². The molecule has 0 fully saturated rings. The summed E-state index contributed by atoms with van der Waals surface area (Å²) in [7, 11) is 1.32. The van der Waals surface area contributed by atoms with Crippen molar-refractivity contribution in [3.63, 3.8) is 0 Å². The molecule has 0 aliphatic carbocycles. The molecule has 0 spiro atoms. The molecule has 0 aromatic heterocycles. The van der Waals surface area contributed by atoms with E-state index in [2.05, 4.69) is 0 Å². The number of halogens is 2. The topological polar surface area (TPSA) is 46.3 Å². The molecule has 1 aromatic carbocycles. The van der Waals surface area contributed by atoms with Gasteiger partial charge in [0, 0.05) is 7.05 Å². The molecule has 1 unspecified atom stereocenters. The van der Waals surface area contributed by atoms with Gasteiger partial charge in [0.2, 0.25) is 5.91 Å². The van der Waals surface area contributed by atoms with Gasteiger partial charge >= 0.3 is 0 Å². The fraction of sp³-hybridized carbons (Fsp3) is 0.385. The molecule has 1 atom stereocenters. The molecular formula is C13H16F2N2OS. The molecule has 19 heavy (non-hydrogen) atoms. The van der Waals surface area contributed by atoms with E-state index in [0.29, 0.717) is 6.42 Å². The van der Waals surface area contributed by atoms with Gasteiger partial charge in [0.25, 0.3) is 6.43 Å². The van der Waals surface area contributed by atoms with Gasteiger partial charge in [-0.05, 0) is 12.0 Å². The first kappa shape index (κ1) is 15.5. The summed E-state index contributed by atoms with van der Waals surface area (Å²) in [6.07, 6.45) is -2.25. The number of carbonyl (C=O) groups excluding carboxylic acids is 1. The minimum Gasteiger partial charge on any atom is -0.393 e. The van der Waals surface area contributed by atoms with Crippen molar-refractivity contribution in [1.82, 2.24) is 4.90 Å². The summed E-state index contributed by atoms with van der Waals surface area (Å²) in [6, 6.07) is 9.19. The monoisotopic (exact) mass is 286 g/mol. The molecule has 0 aliphatic heterocycles. The van der Waals surface area contributed by atoms with Crippen LogP contribution in [0.3, 0.4) is 0 Å². The van der Waals surface area contributed by atoms with Crippen LogP contribution in [0.25, 0.3) is 0 Å². The first-order chi connectivity index (χ1) is 8.91. The second-order valence-corrected chi connectivity index (χ2v) is 4.73. The third-order valence-corrected chi connectivity index (χ3v) is 3.00. The zero-order valence-electron chi connectivity index (χ0n) is 10.6. The number of hydrogen-bond donors (Lipinski definition) is 1. The molecule has 1 aromatic rings. The van der Waals surface area contributed by atoms with Gasteiger partial charge in [-0.25, -0.2) is 8.78 Å². The van der Waals surface area contributed by atoms with E-state index >= 15 is 0 Å². The number of hydrogen-bond acceptors (Lipinski definition) is 2. The second-order valence-electron chi connectivity index (χ2n) is 4.25. The predicted octanol–water partition coefficient (Wildman–Crippen LogP) is 1.85. The lowest BCUT2D eigenvalue weighted by atomic mass is 9.98. The molecule has 0 saturated heterocycles. The third kappa shape index (κ3) is 4.90. The van der Waals surface area contributed by atoms with Crippen molar-refractivity contribution in [2.75, 3.05) is 13.6 Å². The van der Waals surface area contributed by atoms with Gasteiger partial charge in [-0.15, -0.1) is 0 Å². The normalized spacial score (nSPS) is 12.2. The number of rotatable bonds is 6. The van der Waals surface area contributed by atoms with Gasteiger partial charge in [-0.1, -0.05) is 42.5 Å². The molecule has 0 aliphatic rings. The number of amides is 1. The Bertz CT molecular complexity index is 440. The van der Waals surface area contributed by atoms with Crippen molar-refractivity contribution in [3.05, 3.63) is 35.9 Å². The first-order valence-electron chi connectivity index (χ1n) is 5.78. The fourth-order valence-electron chi connectivity index (χ4n) is 1.72. The molecular weight excluding hydrogens is 270 g/mol. The summed E-state index contributed by atoms with van der Waals surface area (Å²) in [5.41, 5.74) is 6.44. The largest absolute Gasteiger partial charge is 0.393 e. The number of nitrogens with zero attached hydrogens (tertiary/aromatic N) is 1. The molecule has 0 radical (unpaired) electrons. The fourth-order valence-corrected chi connectivity index (χ4v) is 1.91. The highest BCUT2D eigenvalue weighted by molar-refractivity contribution is 7.80. The Morgan fingerprint density at radius 2 is 1.95 bits per heavy atom. The van der Waals surface area contributed by atoms with Crippen LogP contribution in [-0.2, 0) is 11.2 Å². The lowest BCUT2D eigenvalue weighted by molar-refractivity contribution is -0.133. The molecule has 1 rings (SSSR count). The summed E-state index contributed by atoms with van der Waals surface area (Å²) in [5, 5.41) is 0. The molecule has 6 heteroatoms. The SMILES string of the molecule is CN(CC(F)F)C(=O)C(Cc1ccccc1)C(N)=S. The van der Waals surface area contributed by atoms with E-state index in [1.54, 1.807) is 0 Å². The Morgan fingerprint density at radius 3 is 2.42 bits per heavy atom. The smallest absolute Gasteiger partial charge is 0.255 e. The van der Waals surface area contributed by atoms with Gasteiger partial charge in [0.1, 0.15) is 0 Å². The zero-order chi connectivity index (χ0) is 14.4. The number of nitrogens with two attached hydrogens (primary N) is 1. The molecule has 3 nitrogen and oxygen atoms in total. The van der Waals surface area contributed by atoms with Gasteiger partial charge in [-0.2, -0.15) is 0 Å². The van der Waals surface area contributed by atoms with Crippen LogP contribution in [0.1, 0.15) is 5.56 Å². The maximum atomic E-state index is 12.3. The number of alkyl halides is 2. The zero-order valence-corrected chi connectivity index (χ0v) is 11.4. The van der Waals surface area contributed by atoms with Gasteiger partial charge in [0.15, 0.2) is 0 Å². The Morgan fingerprint density at radius 1 is 1.37 bits per heavy atom. The lowest BCUT2D eigenvalue weighted by Gasteiger charge is -2.23. The van der Waals surface area contributed by atoms with Crippen molar-refractivity contribution in [2.24, 2.45) is 11.7 Å². The summed E-state index contributed by atoms with van der Waals surface area (Å²) in [6.45, 7) is -0.618. The highest BCUT2D eigenvalue weighted by Crippen LogP contribution is 2.13. The lowest BCUT2D eigenvalue weighted by Crippen LogP contribution is -2.42. The summed E-state index contributed by atoms with van der Waals surface area (Å²) in [5.74, 6) is -1.22. The molecule has 2 N–H and O–H groups in total. The highest BCUT2D eigenvalue weighted by Gasteiger charge is 2.26. The number of benzene rings is 1. The standard InChI is InChI=1S/C13H16F2N2OS/c1-17(8-11(14)15)13(18)10(12(16)19)7-9-5-3-2-4-6-9/h2-6,10-11H,7-8H2,1H3,(H2,16,19). The minimum atomic E-state index is -2.57. The molecule has 104 valence electrons. The van der Waals surface area contributed by atoms with Gasteiger partial charge in [0.05, 0.1) is 17.5 Å². The van der Waals surface area contributed by atoms with Crippen LogP contribution in [-0.4, -0.2) is 35.8 Å². The van der Waals surface area contributed by atoms with Gasteiger partial charge in [-0.3, -0.25) is 4.79 Å². The average Bonchev–Trinajstić information content (AvgIpc) is 2.35. The highest BCUT2D eigenvalue weighted by atomic mass is 32.1. The third-order valence-electron chi connectivity index (χ3n) is 2.71. The van der Waals surface area contributed by atoms with Crippen LogP contribution in [0, 0.1) is 5.92 Å². The summed E-state index contributed by atoms with van der Waals surface area (Å²) >= 11 is 4.87. The average molecular weight is 286 g/mol.